The summed E-state index contributed by atoms with van der Waals surface area (Å²) in [5, 5.41) is 9.83. The number of nitrogens with one attached hydrogen (secondary N) is 1. The average molecular weight is 281 g/mol. The van der Waals surface area contributed by atoms with Gasteiger partial charge in [-0.3, -0.25) is 0 Å². The first-order valence-electron chi connectivity index (χ1n) is 3.88. The molecule has 0 aliphatic heterocycles. The van der Waals surface area contributed by atoms with Gasteiger partial charge in [0.1, 0.15) is 4.60 Å². The Bertz CT molecular complexity index is 356. The van der Waals surface area contributed by atoms with Gasteiger partial charge in [-0.05, 0) is 28.1 Å². The van der Waals surface area contributed by atoms with Crippen LogP contribution in [0.1, 0.15) is 5.56 Å². The third-order valence-corrected chi connectivity index (χ3v) is 2.08. The zero-order chi connectivity index (χ0) is 11.5. The molecular weight excluding hydrogens is 274 g/mol. The normalized spacial score (nSPS) is 11.1. The molecule has 82 valence electrons. The van der Waals surface area contributed by atoms with Crippen molar-refractivity contribution < 1.29 is 18.7 Å². The van der Waals surface area contributed by atoms with E-state index in [9.17, 15) is 13.6 Å². The van der Waals surface area contributed by atoms with E-state index in [2.05, 4.69) is 20.9 Å². The molecule has 1 aromatic rings. The number of carboxylic acid groups (broad SMARTS) is 1. The van der Waals surface area contributed by atoms with Gasteiger partial charge < -0.3 is 10.4 Å². The Morgan fingerprint density at radius 1 is 1.60 bits per heavy atom. The maximum atomic E-state index is 13.3. The number of nitrogens with zero attached hydrogens (tertiary/aromatic N) is 1. The van der Waals surface area contributed by atoms with Crippen molar-refractivity contribution in [2.24, 2.45) is 0 Å². The SMILES string of the molecule is O=C(O)NCC(F)(F)c1ccc(Br)nc1. The Morgan fingerprint density at radius 3 is 2.73 bits per heavy atom. The predicted molar refractivity (Wildman–Crippen MR) is 51.9 cm³/mol. The second kappa shape index (κ2) is 4.52. The molecule has 4 nitrogen and oxygen atoms in total. The molecule has 1 heterocycles. The fraction of sp³-hybridized carbons (Fsp3) is 0.250. The highest BCUT2D eigenvalue weighted by molar-refractivity contribution is 9.10. The van der Waals surface area contributed by atoms with Crippen molar-refractivity contribution in [3.8, 4) is 0 Å². The number of rotatable bonds is 3. The molecule has 0 radical (unpaired) electrons. The Hall–Kier alpha value is -1.24. The molecule has 0 aliphatic carbocycles. The van der Waals surface area contributed by atoms with E-state index in [1.165, 1.54) is 12.1 Å². The second-order valence-corrected chi connectivity index (χ2v) is 3.55. The van der Waals surface area contributed by atoms with Crippen molar-refractivity contribution in [1.82, 2.24) is 10.3 Å². The summed E-state index contributed by atoms with van der Waals surface area (Å²) in [5.74, 6) is -3.26. The van der Waals surface area contributed by atoms with Gasteiger partial charge in [0.25, 0.3) is 5.92 Å². The zero-order valence-electron chi connectivity index (χ0n) is 7.38. The van der Waals surface area contributed by atoms with Crippen LogP contribution in [-0.4, -0.2) is 22.7 Å². The lowest BCUT2D eigenvalue weighted by Crippen LogP contribution is -2.34. The number of pyridine rings is 1. The smallest absolute Gasteiger partial charge is 0.404 e. The molecule has 0 aromatic carbocycles. The number of hydrogen-bond acceptors (Lipinski definition) is 2. The zero-order valence-corrected chi connectivity index (χ0v) is 8.96. The van der Waals surface area contributed by atoms with Crippen molar-refractivity contribution in [3.05, 3.63) is 28.5 Å². The molecule has 7 heteroatoms. The minimum Gasteiger partial charge on any atom is -0.465 e. The van der Waals surface area contributed by atoms with E-state index in [1.54, 1.807) is 5.32 Å². The lowest BCUT2D eigenvalue weighted by Gasteiger charge is -2.15. The van der Waals surface area contributed by atoms with Crippen LogP contribution in [0.3, 0.4) is 0 Å². The highest BCUT2D eigenvalue weighted by Crippen LogP contribution is 2.26. The first-order valence-corrected chi connectivity index (χ1v) is 4.68. The van der Waals surface area contributed by atoms with Crippen molar-refractivity contribution in [3.63, 3.8) is 0 Å². The van der Waals surface area contributed by atoms with Crippen molar-refractivity contribution in [1.29, 1.82) is 0 Å². The van der Waals surface area contributed by atoms with Gasteiger partial charge in [0.05, 0.1) is 6.54 Å². The molecule has 0 unspecified atom stereocenters. The molecule has 0 aliphatic rings. The maximum Gasteiger partial charge on any atom is 0.404 e. The molecule has 0 fully saturated rings. The van der Waals surface area contributed by atoms with Gasteiger partial charge in [0.15, 0.2) is 0 Å². The monoisotopic (exact) mass is 280 g/mol. The minimum absolute atomic E-state index is 0.334. The maximum absolute atomic E-state index is 13.3. The molecule has 0 atom stereocenters. The molecule has 15 heavy (non-hydrogen) atoms. The third kappa shape index (κ3) is 3.43. The topological polar surface area (TPSA) is 62.2 Å². The predicted octanol–water partition coefficient (Wildman–Crippen LogP) is 2.20. The van der Waals surface area contributed by atoms with E-state index >= 15 is 0 Å². The summed E-state index contributed by atoms with van der Waals surface area (Å²) in [6.45, 7) is -0.967. The largest absolute Gasteiger partial charge is 0.465 e. The van der Waals surface area contributed by atoms with Crippen LogP contribution in [-0.2, 0) is 5.92 Å². The Morgan fingerprint density at radius 2 is 2.27 bits per heavy atom. The number of hydrogen-bond donors (Lipinski definition) is 2. The molecule has 1 aromatic heterocycles. The summed E-state index contributed by atoms with van der Waals surface area (Å²) < 4.78 is 27.0. The van der Waals surface area contributed by atoms with E-state index < -0.39 is 18.6 Å². The fourth-order valence-electron chi connectivity index (χ4n) is 0.881. The van der Waals surface area contributed by atoms with Gasteiger partial charge in [-0.25, -0.2) is 9.78 Å². The van der Waals surface area contributed by atoms with Crippen molar-refractivity contribution in [2.75, 3.05) is 6.54 Å². The van der Waals surface area contributed by atoms with Crippen LogP contribution in [0.25, 0.3) is 0 Å². The summed E-state index contributed by atoms with van der Waals surface area (Å²) in [7, 11) is 0. The standard InChI is InChI=1S/C8H7BrF2N2O2/c9-6-2-1-5(3-12-6)8(10,11)4-13-7(14)15/h1-3,13H,4H2,(H,14,15). The molecule has 0 saturated heterocycles. The van der Waals surface area contributed by atoms with Gasteiger partial charge in [-0.15, -0.1) is 0 Å². The quantitative estimate of drug-likeness (QED) is 0.835. The van der Waals surface area contributed by atoms with Gasteiger partial charge in [-0.2, -0.15) is 8.78 Å². The first kappa shape index (κ1) is 11.8. The van der Waals surface area contributed by atoms with Crippen LogP contribution in [0.2, 0.25) is 0 Å². The van der Waals surface area contributed by atoms with Gasteiger partial charge >= 0.3 is 6.09 Å². The van der Waals surface area contributed by atoms with Gasteiger partial charge in [0.2, 0.25) is 0 Å². The third-order valence-electron chi connectivity index (χ3n) is 1.61. The molecule has 1 rings (SSSR count). The van der Waals surface area contributed by atoms with Gasteiger partial charge in [-0.1, -0.05) is 0 Å². The van der Waals surface area contributed by atoms with Crippen molar-refractivity contribution >= 4 is 22.0 Å². The lowest BCUT2D eigenvalue weighted by molar-refractivity contribution is -0.00254. The van der Waals surface area contributed by atoms with E-state index in [0.717, 1.165) is 6.20 Å². The van der Waals surface area contributed by atoms with Gasteiger partial charge in [0, 0.05) is 11.8 Å². The van der Waals surface area contributed by atoms with E-state index in [-0.39, 0.29) is 5.56 Å². The summed E-state index contributed by atoms with van der Waals surface area (Å²) in [6, 6.07) is 2.55. The molecule has 0 bridgehead atoms. The second-order valence-electron chi connectivity index (χ2n) is 2.73. The average Bonchev–Trinajstić information content (AvgIpc) is 2.16. The lowest BCUT2D eigenvalue weighted by atomic mass is 10.1. The highest BCUT2D eigenvalue weighted by atomic mass is 79.9. The Balaban J connectivity index is 2.76. The van der Waals surface area contributed by atoms with Crippen LogP contribution in [0.15, 0.2) is 22.9 Å². The summed E-state index contributed by atoms with van der Waals surface area (Å²) in [4.78, 5) is 13.7. The van der Waals surface area contributed by atoms with Crippen LogP contribution in [0, 0.1) is 0 Å². The fourth-order valence-corrected chi connectivity index (χ4v) is 1.12. The number of carbonyl (C=O) groups is 1. The number of aromatic nitrogens is 1. The molecular formula is C8H7BrF2N2O2. The molecule has 0 spiro atoms. The van der Waals surface area contributed by atoms with E-state index in [4.69, 9.17) is 5.11 Å². The number of alkyl halides is 2. The van der Waals surface area contributed by atoms with Crippen LogP contribution < -0.4 is 5.32 Å². The highest BCUT2D eigenvalue weighted by Gasteiger charge is 2.32. The van der Waals surface area contributed by atoms with E-state index in [1.807, 2.05) is 0 Å². The summed E-state index contributed by atoms with van der Waals surface area (Å²) in [5.41, 5.74) is -0.334. The van der Waals surface area contributed by atoms with E-state index in [0.29, 0.717) is 4.60 Å². The minimum atomic E-state index is -3.26. The molecule has 0 saturated carbocycles. The summed E-state index contributed by atoms with van der Waals surface area (Å²) in [6.07, 6.45) is -0.493. The van der Waals surface area contributed by atoms with Crippen LogP contribution in [0.5, 0.6) is 0 Å². The molecule has 1 amide bonds. The Labute approximate surface area is 92.5 Å². The first-order chi connectivity index (χ1) is 6.92. The summed E-state index contributed by atoms with van der Waals surface area (Å²) >= 11 is 3.01. The molecule has 2 N–H and O–H groups in total. The number of halogens is 3. The number of amides is 1. The van der Waals surface area contributed by atoms with Crippen molar-refractivity contribution in [2.45, 2.75) is 5.92 Å². The Kier molecular flexibility index (Phi) is 3.57. The van der Waals surface area contributed by atoms with Crippen LogP contribution >= 0.6 is 15.9 Å². The van der Waals surface area contributed by atoms with Crippen LogP contribution in [0.4, 0.5) is 13.6 Å².